The lowest BCUT2D eigenvalue weighted by molar-refractivity contribution is 0.0780. The van der Waals surface area contributed by atoms with Crippen LogP contribution in [0, 0.1) is 0 Å². The number of hydrogen-bond donors (Lipinski definition) is 0. The lowest BCUT2D eigenvalue weighted by Crippen LogP contribution is -2.33. The van der Waals surface area contributed by atoms with Crippen LogP contribution in [0.25, 0.3) is 0 Å². The Morgan fingerprint density at radius 1 is 1.31 bits per heavy atom. The Balaban J connectivity index is 2.81. The fourth-order valence-electron chi connectivity index (χ4n) is 1.13. The van der Waals surface area contributed by atoms with Crippen molar-refractivity contribution in [2.75, 3.05) is 24.8 Å². The Hall–Kier alpha value is 0.710. The topological polar surface area (TPSA) is 20.3 Å². The lowest BCUT2D eigenvalue weighted by atomic mass is 10.4. The number of carbonyl (C=O) groups excluding carboxylic acids is 1. The number of nitrogens with zero attached hydrogens (tertiary/aromatic N) is 1. The fraction of sp³-hybridized carbons (Fsp3) is 0.444. The maximum absolute atomic E-state index is 12.1. The molecule has 0 fully saturated rings. The van der Waals surface area contributed by atoms with E-state index in [1.807, 2.05) is 0 Å². The molecule has 1 rings (SSSR count). The first kappa shape index (κ1) is 14.8. The zero-order valence-electron chi connectivity index (χ0n) is 8.18. The molecule has 0 aromatic carbocycles. The summed E-state index contributed by atoms with van der Waals surface area (Å²) in [5, 5.41) is 0. The SMILES string of the molecule is O=C(c1cc(Br)c(Br)s1)N(CCCl)CCCl. The molecule has 0 radical (unpaired) electrons. The molecule has 0 aliphatic rings. The molecule has 0 bridgehead atoms. The Morgan fingerprint density at radius 3 is 2.25 bits per heavy atom. The predicted octanol–water partition coefficient (Wildman–Crippen LogP) is 4.19. The van der Waals surface area contributed by atoms with Gasteiger partial charge in [0.15, 0.2) is 0 Å². The Bertz CT molecular complexity index is 347. The smallest absolute Gasteiger partial charge is 0.264 e. The van der Waals surface area contributed by atoms with Crippen LogP contribution in [0.5, 0.6) is 0 Å². The number of amides is 1. The Kier molecular flexibility index (Phi) is 6.66. The van der Waals surface area contributed by atoms with Crippen molar-refractivity contribution in [3.8, 4) is 0 Å². The van der Waals surface area contributed by atoms with Crippen LogP contribution < -0.4 is 0 Å². The highest BCUT2D eigenvalue weighted by molar-refractivity contribution is 9.13. The van der Waals surface area contributed by atoms with E-state index >= 15 is 0 Å². The molecule has 0 aliphatic carbocycles. The zero-order valence-corrected chi connectivity index (χ0v) is 13.7. The highest BCUT2D eigenvalue weighted by Gasteiger charge is 2.18. The van der Waals surface area contributed by atoms with E-state index < -0.39 is 0 Å². The van der Waals surface area contributed by atoms with Crippen LogP contribution in [0.1, 0.15) is 9.67 Å². The minimum Gasteiger partial charge on any atom is -0.336 e. The van der Waals surface area contributed by atoms with E-state index in [2.05, 4.69) is 31.9 Å². The second-order valence-electron chi connectivity index (χ2n) is 2.90. The highest BCUT2D eigenvalue weighted by atomic mass is 79.9. The van der Waals surface area contributed by atoms with Gasteiger partial charge in [0.2, 0.25) is 0 Å². The molecule has 0 spiro atoms. The summed E-state index contributed by atoms with van der Waals surface area (Å²) in [6.07, 6.45) is 0. The van der Waals surface area contributed by atoms with E-state index in [-0.39, 0.29) is 5.91 Å². The van der Waals surface area contributed by atoms with E-state index in [4.69, 9.17) is 23.2 Å². The molecule has 2 nitrogen and oxygen atoms in total. The number of thiophene rings is 1. The third-order valence-electron chi connectivity index (χ3n) is 1.85. The maximum atomic E-state index is 12.1. The normalized spacial score (nSPS) is 10.5. The van der Waals surface area contributed by atoms with E-state index in [1.54, 1.807) is 11.0 Å². The average molecular weight is 410 g/mol. The fourth-order valence-corrected chi connectivity index (χ4v) is 3.54. The average Bonchev–Trinajstić information content (AvgIpc) is 2.58. The molecular formula is C9H9Br2Cl2NOS. The standard InChI is InChI=1S/C9H9Br2Cl2NOS/c10-6-5-7(16-8(6)11)9(15)14(3-1-12)4-2-13/h5H,1-4H2. The van der Waals surface area contributed by atoms with Crippen molar-refractivity contribution in [1.29, 1.82) is 0 Å². The summed E-state index contributed by atoms with van der Waals surface area (Å²) < 4.78 is 1.80. The van der Waals surface area contributed by atoms with Crippen LogP contribution in [0.4, 0.5) is 0 Å². The second kappa shape index (κ2) is 7.21. The summed E-state index contributed by atoms with van der Waals surface area (Å²) in [7, 11) is 0. The van der Waals surface area contributed by atoms with Gasteiger partial charge >= 0.3 is 0 Å². The molecule has 0 atom stereocenters. The molecule has 90 valence electrons. The molecule has 0 aliphatic heterocycles. The summed E-state index contributed by atoms with van der Waals surface area (Å²) in [4.78, 5) is 14.4. The van der Waals surface area contributed by atoms with Crippen LogP contribution in [-0.4, -0.2) is 35.7 Å². The van der Waals surface area contributed by atoms with E-state index in [0.29, 0.717) is 29.7 Å². The monoisotopic (exact) mass is 407 g/mol. The molecular weight excluding hydrogens is 401 g/mol. The van der Waals surface area contributed by atoms with Crippen molar-refractivity contribution in [1.82, 2.24) is 4.90 Å². The van der Waals surface area contributed by atoms with Crippen molar-refractivity contribution < 1.29 is 4.79 Å². The number of rotatable bonds is 5. The van der Waals surface area contributed by atoms with Crippen molar-refractivity contribution in [2.45, 2.75) is 0 Å². The molecule has 0 N–H and O–H groups in total. The van der Waals surface area contributed by atoms with Gasteiger partial charge in [-0.25, -0.2) is 0 Å². The summed E-state index contributed by atoms with van der Waals surface area (Å²) in [5.41, 5.74) is 0. The van der Waals surface area contributed by atoms with Crippen LogP contribution in [0.15, 0.2) is 14.3 Å². The Labute approximate surface area is 125 Å². The van der Waals surface area contributed by atoms with Crippen molar-refractivity contribution in [2.24, 2.45) is 0 Å². The zero-order chi connectivity index (χ0) is 12.1. The van der Waals surface area contributed by atoms with Crippen LogP contribution in [-0.2, 0) is 0 Å². The minimum absolute atomic E-state index is 0.0299. The number of carbonyl (C=O) groups is 1. The molecule has 0 saturated heterocycles. The second-order valence-corrected chi connectivity index (χ2v) is 6.88. The summed E-state index contributed by atoms with van der Waals surface area (Å²) >= 11 is 19.4. The number of alkyl halides is 2. The molecule has 1 aromatic rings. The molecule has 1 aromatic heterocycles. The van der Waals surface area contributed by atoms with Crippen molar-refractivity contribution in [3.63, 3.8) is 0 Å². The van der Waals surface area contributed by atoms with Gasteiger partial charge in [-0.1, -0.05) is 0 Å². The van der Waals surface area contributed by atoms with Crippen LogP contribution in [0.3, 0.4) is 0 Å². The van der Waals surface area contributed by atoms with Crippen molar-refractivity contribution >= 4 is 72.3 Å². The molecule has 1 amide bonds. The summed E-state index contributed by atoms with van der Waals surface area (Å²) in [5.74, 6) is 0.796. The first-order chi connectivity index (χ1) is 7.60. The van der Waals surface area contributed by atoms with E-state index in [1.165, 1.54) is 11.3 Å². The Morgan fingerprint density at radius 2 is 1.88 bits per heavy atom. The largest absolute Gasteiger partial charge is 0.336 e. The highest BCUT2D eigenvalue weighted by Crippen LogP contribution is 2.32. The third kappa shape index (κ3) is 3.88. The van der Waals surface area contributed by atoms with Crippen LogP contribution >= 0.6 is 66.4 Å². The van der Waals surface area contributed by atoms with Gasteiger partial charge in [0.05, 0.1) is 8.66 Å². The maximum Gasteiger partial charge on any atom is 0.264 e. The van der Waals surface area contributed by atoms with E-state index in [9.17, 15) is 4.79 Å². The molecule has 7 heteroatoms. The first-order valence-electron chi connectivity index (χ1n) is 4.46. The van der Waals surface area contributed by atoms with Gasteiger partial charge in [-0.15, -0.1) is 34.5 Å². The van der Waals surface area contributed by atoms with Gasteiger partial charge in [0.1, 0.15) is 0 Å². The van der Waals surface area contributed by atoms with Crippen molar-refractivity contribution in [3.05, 3.63) is 19.2 Å². The molecule has 0 saturated carbocycles. The number of hydrogen-bond acceptors (Lipinski definition) is 2. The van der Waals surface area contributed by atoms with Gasteiger partial charge < -0.3 is 4.90 Å². The van der Waals surface area contributed by atoms with Gasteiger partial charge in [0.25, 0.3) is 5.91 Å². The van der Waals surface area contributed by atoms with Gasteiger partial charge in [0, 0.05) is 29.3 Å². The minimum atomic E-state index is -0.0299. The predicted molar refractivity (Wildman–Crippen MR) is 77.1 cm³/mol. The molecule has 1 heterocycles. The van der Waals surface area contributed by atoms with E-state index in [0.717, 1.165) is 8.26 Å². The molecule has 0 unspecified atom stereocenters. The summed E-state index contributed by atoms with van der Waals surface area (Å²) in [6, 6.07) is 1.80. The third-order valence-corrected chi connectivity index (χ3v) is 5.43. The van der Waals surface area contributed by atoms with Crippen LogP contribution in [0.2, 0.25) is 0 Å². The lowest BCUT2D eigenvalue weighted by Gasteiger charge is -2.19. The summed E-state index contributed by atoms with van der Waals surface area (Å²) in [6.45, 7) is 1.03. The van der Waals surface area contributed by atoms with Gasteiger partial charge in [-0.05, 0) is 37.9 Å². The van der Waals surface area contributed by atoms with Gasteiger partial charge in [-0.3, -0.25) is 4.79 Å². The quantitative estimate of drug-likeness (QED) is 0.667. The first-order valence-corrected chi connectivity index (χ1v) is 7.93. The number of halogens is 4. The molecule has 16 heavy (non-hydrogen) atoms. The van der Waals surface area contributed by atoms with Gasteiger partial charge in [-0.2, -0.15) is 0 Å².